The summed E-state index contributed by atoms with van der Waals surface area (Å²) in [7, 11) is 0. The van der Waals surface area contributed by atoms with Crippen LogP contribution in [0.4, 0.5) is 10.1 Å². The second-order valence-electron chi connectivity index (χ2n) is 4.73. The van der Waals surface area contributed by atoms with Crippen molar-refractivity contribution in [2.45, 2.75) is 23.5 Å². The van der Waals surface area contributed by atoms with Crippen LogP contribution in [0.15, 0.2) is 47.4 Å². The van der Waals surface area contributed by atoms with Crippen molar-refractivity contribution in [2.75, 3.05) is 11.9 Å². The maximum Gasteiger partial charge on any atom is 0.127 e. The summed E-state index contributed by atoms with van der Waals surface area (Å²) in [5.41, 5.74) is 3.40. The largest absolute Gasteiger partial charge is 0.385 e. The lowest BCUT2D eigenvalue weighted by molar-refractivity contribution is 0.617. The summed E-state index contributed by atoms with van der Waals surface area (Å²) in [5, 5.41) is 3.40. The third kappa shape index (κ3) is 2.92. The van der Waals surface area contributed by atoms with Crippen LogP contribution < -0.4 is 5.32 Å². The molecule has 0 aliphatic carbocycles. The molecular formula is C16H16FNS. The molecule has 1 aliphatic rings. The molecule has 1 nitrogen and oxygen atoms in total. The maximum atomic E-state index is 13.5. The summed E-state index contributed by atoms with van der Waals surface area (Å²) in [6.45, 7) is 1.06. The highest BCUT2D eigenvalue weighted by Crippen LogP contribution is 2.30. The van der Waals surface area contributed by atoms with Gasteiger partial charge in [-0.2, -0.15) is 0 Å². The molecule has 98 valence electrons. The van der Waals surface area contributed by atoms with Gasteiger partial charge >= 0.3 is 0 Å². The molecule has 0 aromatic heterocycles. The summed E-state index contributed by atoms with van der Waals surface area (Å²) in [6.07, 6.45) is 2.32. The van der Waals surface area contributed by atoms with Crippen LogP contribution in [0.25, 0.3) is 0 Å². The quantitative estimate of drug-likeness (QED) is 0.828. The first-order valence-corrected chi connectivity index (χ1v) is 7.54. The molecule has 3 rings (SSSR count). The van der Waals surface area contributed by atoms with Crippen LogP contribution in [0.2, 0.25) is 0 Å². The zero-order valence-electron chi connectivity index (χ0n) is 10.7. The molecule has 0 bridgehead atoms. The van der Waals surface area contributed by atoms with Gasteiger partial charge in [-0.05, 0) is 48.2 Å². The van der Waals surface area contributed by atoms with Crippen LogP contribution in [0.3, 0.4) is 0 Å². The van der Waals surface area contributed by atoms with Gasteiger partial charge in [0.1, 0.15) is 5.82 Å². The lowest BCUT2D eigenvalue weighted by Gasteiger charge is -2.18. The van der Waals surface area contributed by atoms with Gasteiger partial charge in [0.15, 0.2) is 0 Å². The van der Waals surface area contributed by atoms with Gasteiger partial charge in [0, 0.05) is 22.9 Å². The van der Waals surface area contributed by atoms with Crippen molar-refractivity contribution in [1.82, 2.24) is 0 Å². The Morgan fingerprint density at radius 1 is 1.16 bits per heavy atom. The Kier molecular flexibility index (Phi) is 3.74. The average molecular weight is 273 g/mol. The number of nitrogens with one attached hydrogen (secondary N) is 1. The lowest BCUT2D eigenvalue weighted by Crippen LogP contribution is -2.11. The third-order valence-corrected chi connectivity index (χ3v) is 4.41. The number of hydrogen-bond donors (Lipinski definition) is 1. The van der Waals surface area contributed by atoms with Crippen LogP contribution in [-0.4, -0.2) is 6.54 Å². The van der Waals surface area contributed by atoms with Crippen molar-refractivity contribution in [3.8, 4) is 0 Å². The van der Waals surface area contributed by atoms with Gasteiger partial charge in [0.25, 0.3) is 0 Å². The highest BCUT2D eigenvalue weighted by atomic mass is 32.2. The summed E-state index contributed by atoms with van der Waals surface area (Å²) in [6, 6.07) is 13.5. The molecule has 2 aromatic carbocycles. The minimum absolute atomic E-state index is 0.116. The summed E-state index contributed by atoms with van der Waals surface area (Å²) >= 11 is 1.69. The number of rotatable bonds is 3. The first kappa shape index (κ1) is 12.5. The standard InChI is InChI=1S/C16H16FNS/c17-15-6-2-1-4-13(15)11-19-14-7-8-16-12(10-14)5-3-9-18-16/h1-2,4,6-8,10,18H,3,5,9,11H2. The first-order chi connectivity index (χ1) is 9.33. The molecule has 2 aromatic rings. The second kappa shape index (κ2) is 5.66. The Labute approximate surface area is 117 Å². The molecule has 0 spiro atoms. The van der Waals surface area contributed by atoms with E-state index in [1.807, 2.05) is 12.1 Å². The van der Waals surface area contributed by atoms with E-state index in [-0.39, 0.29) is 5.82 Å². The molecule has 3 heteroatoms. The smallest absolute Gasteiger partial charge is 0.127 e. The molecule has 19 heavy (non-hydrogen) atoms. The molecule has 0 saturated heterocycles. The Hall–Kier alpha value is -1.48. The zero-order valence-corrected chi connectivity index (χ0v) is 11.5. The summed E-state index contributed by atoms with van der Waals surface area (Å²) < 4.78 is 13.5. The summed E-state index contributed by atoms with van der Waals surface area (Å²) in [5.74, 6) is 0.563. The van der Waals surface area contributed by atoms with Crippen molar-refractivity contribution in [1.29, 1.82) is 0 Å². The first-order valence-electron chi connectivity index (χ1n) is 6.56. The Morgan fingerprint density at radius 2 is 2.05 bits per heavy atom. The fourth-order valence-corrected chi connectivity index (χ4v) is 3.26. The normalized spacial score (nSPS) is 13.7. The number of aryl methyl sites for hydroxylation is 1. The van der Waals surface area contributed by atoms with E-state index in [2.05, 4.69) is 23.5 Å². The van der Waals surface area contributed by atoms with Crippen molar-refractivity contribution in [3.63, 3.8) is 0 Å². The molecule has 0 unspecified atom stereocenters. The second-order valence-corrected chi connectivity index (χ2v) is 5.78. The van der Waals surface area contributed by atoms with E-state index in [4.69, 9.17) is 0 Å². The number of halogens is 1. The number of anilines is 1. The molecule has 0 saturated carbocycles. The number of hydrogen-bond acceptors (Lipinski definition) is 2. The van der Waals surface area contributed by atoms with Crippen LogP contribution in [0, 0.1) is 5.82 Å². The molecule has 0 amide bonds. The molecule has 1 heterocycles. The van der Waals surface area contributed by atoms with Gasteiger partial charge < -0.3 is 5.32 Å². The monoisotopic (exact) mass is 273 g/mol. The summed E-state index contributed by atoms with van der Waals surface area (Å²) in [4.78, 5) is 1.21. The van der Waals surface area contributed by atoms with Crippen molar-refractivity contribution in [3.05, 3.63) is 59.4 Å². The van der Waals surface area contributed by atoms with E-state index >= 15 is 0 Å². The Bertz CT molecular complexity index is 583. The van der Waals surface area contributed by atoms with Crippen LogP contribution in [0.5, 0.6) is 0 Å². The van der Waals surface area contributed by atoms with E-state index in [9.17, 15) is 4.39 Å². The molecule has 0 atom stereocenters. The highest BCUT2D eigenvalue weighted by Gasteiger charge is 2.09. The van der Waals surface area contributed by atoms with Crippen molar-refractivity contribution < 1.29 is 4.39 Å². The molecule has 0 radical (unpaired) electrons. The molecule has 1 aliphatic heterocycles. The van der Waals surface area contributed by atoms with E-state index in [0.717, 1.165) is 18.5 Å². The fourth-order valence-electron chi connectivity index (χ4n) is 2.32. The third-order valence-electron chi connectivity index (χ3n) is 3.37. The minimum Gasteiger partial charge on any atom is -0.385 e. The molecule has 1 N–H and O–H groups in total. The molecular weight excluding hydrogens is 257 g/mol. The lowest BCUT2D eigenvalue weighted by atomic mass is 10.0. The van der Waals surface area contributed by atoms with Gasteiger partial charge in [-0.3, -0.25) is 0 Å². The molecule has 0 fully saturated rings. The van der Waals surface area contributed by atoms with Crippen LogP contribution in [-0.2, 0) is 12.2 Å². The van der Waals surface area contributed by atoms with E-state index in [1.165, 1.54) is 28.6 Å². The van der Waals surface area contributed by atoms with Gasteiger partial charge in [-0.1, -0.05) is 18.2 Å². The number of thioether (sulfide) groups is 1. The van der Waals surface area contributed by atoms with E-state index in [1.54, 1.807) is 17.8 Å². The van der Waals surface area contributed by atoms with Crippen LogP contribution >= 0.6 is 11.8 Å². The Morgan fingerprint density at radius 3 is 2.95 bits per heavy atom. The maximum absolute atomic E-state index is 13.5. The zero-order chi connectivity index (χ0) is 13.1. The van der Waals surface area contributed by atoms with Gasteiger partial charge in [-0.15, -0.1) is 11.8 Å². The van der Waals surface area contributed by atoms with Crippen LogP contribution in [0.1, 0.15) is 17.5 Å². The SMILES string of the molecule is Fc1ccccc1CSc1ccc2c(c1)CCCN2. The van der Waals surface area contributed by atoms with E-state index < -0.39 is 0 Å². The van der Waals surface area contributed by atoms with Crippen molar-refractivity contribution >= 4 is 17.4 Å². The van der Waals surface area contributed by atoms with Gasteiger partial charge in [0.05, 0.1) is 0 Å². The predicted molar refractivity (Wildman–Crippen MR) is 79.2 cm³/mol. The highest BCUT2D eigenvalue weighted by molar-refractivity contribution is 7.98. The van der Waals surface area contributed by atoms with Gasteiger partial charge in [-0.25, -0.2) is 4.39 Å². The van der Waals surface area contributed by atoms with Crippen molar-refractivity contribution in [2.24, 2.45) is 0 Å². The average Bonchev–Trinajstić information content (AvgIpc) is 2.46. The minimum atomic E-state index is -0.116. The fraction of sp³-hybridized carbons (Fsp3) is 0.250. The topological polar surface area (TPSA) is 12.0 Å². The van der Waals surface area contributed by atoms with Gasteiger partial charge in [0.2, 0.25) is 0 Å². The predicted octanol–water partition coefficient (Wildman–Crippen LogP) is 4.48. The Balaban J connectivity index is 1.72. The number of fused-ring (bicyclic) bond motifs is 1. The number of benzene rings is 2. The van der Waals surface area contributed by atoms with E-state index in [0.29, 0.717) is 5.75 Å².